The first-order valence-corrected chi connectivity index (χ1v) is 8.02. The van der Waals surface area contributed by atoms with E-state index in [-0.39, 0.29) is 23.1 Å². The van der Waals surface area contributed by atoms with Gasteiger partial charge in [0.15, 0.2) is 6.61 Å². The smallest absolute Gasteiger partial charge is 0.418 e. The number of nitrogens with zero attached hydrogens (tertiary/aromatic N) is 1. The second-order valence-corrected chi connectivity index (χ2v) is 5.48. The molecule has 0 bridgehead atoms. The van der Waals surface area contributed by atoms with E-state index in [0.717, 1.165) is 12.1 Å². The first kappa shape index (κ1) is 20.5. The quantitative estimate of drug-likeness (QED) is 0.740. The summed E-state index contributed by atoms with van der Waals surface area (Å²) in [4.78, 5) is 27.9. The number of anilines is 1. The number of esters is 1. The second-order valence-electron chi connectivity index (χ2n) is 5.07. The number of rotatable bonds is 6. The molecule has 0 radical (unpaired) electrons. The molecule has 1 heterocycles. The molecular formula is C17H14ClF3N2O4. The molecule has 0 unspecified atom stereocenters. The summed E-state index contributed by atoms with van der Waals surface area (Å²) in [5.74, 6) is -1.86. The molecular weight excluding hydrogens is 389 g/mol. The Morgan fingerprint density at radius 2 is 1.96 bits per heavy atom. The monoisotopic (exact) mass is 402 g/mol. The third kappa shape index (κ3) is 5.33. The summed E-state index contributed by atoms with van der Waals surface area (Å²) in [6.45, 7) is 1.13. The Morgan fingerprint density at radius 3 is 2.63 bits per heavy atom. The Bertz CT molecular complexity index is 843. The lowest BCUT2D eigenvalue weighted by Gasteiger charge is -2.15. The zero-order valence-electron chi connectivity index (χ0n) is 14.0. The van der Waals surface area contributed by atoms with Crippen molar-refractivity contribution in [2.24, 2.45) is 0 Å². The highest BCUT2D eigenvalue weighted by molar-refractivity contribution is 6.34. The summed E-state index contributed by atoms with van der Waals surface area (Å²) in [5, 5.41) is 1.72. The van der Waals surface area contributed by atoms with Gasteiger partial charge in [-0.3, -0.25) is 4.79 Å². The number of aromatic nitrogens is 1. The molecule has 1 N–H and O–H groups in total. The van der Waals surface area contributed by atoms with Crippen molar-refractivity contribution in [1.29, 1.82) is 0 Å². The lowest BCUT2D eigenvalue weighted by Crippen LogP contribution is -2.23. The number of nitrogens with one attached hydrogen (secondary N) is 1. The number of alkyl halides is 3. The fraction of sp³-hybridized carbons (Fsp3) is 0.235. The number of ether oxygens (including phenoxy) is 2. The number of pyridine rings is 1. The van der Waals surface area contributed by atoms with Crippen LogP contribution in [0.15, 0.2) is 36.5 Å². The number of amides is 1. The lowest BCUT2D eigenvalue weighted by molar-refractivity contribution is -0.137. The van der Waals surface area contributed by atoms with Gasteiger partial charge in [0.25, 0.3) is 5.91 Å². The number of hydrogen-bond donors (Lipinski definition) is 1. The van der Waals surface area contributed by atoms with Crippen LogP contribution >= 0.6 is 11.6 Å². The van der Waals surface area contributed by atoms with Crippen LogP contribution in [0.2, 0.25) is 5.02 Å². The Hall–Kier alpha value is -2.81. The van der Waals surface area contributed by atoms with E-state index in [1.54, 1.807) is 6.92 Å². The van der Waals surface area contributed by atoms with Gasteiger partial charge >= 0.3 is 12.1 Å². The van der Waals surface area contributed by atoms with Crippen LogP contribution in [0.5, 0.6) is 5.88 Å². The maximum atomic E-state index is 13.0. The molecule has 0 spiro atoms. The molecule has 144 valence electrons. The van der Waals surface area contributed by atoms with Gasteiger partial charge in [0, 0.05) is 6.20 Å². The Balaban J connectivity index is 2.07. The molecule has 0 saturated carbocycles. The largest absolute Gasteiger partial charge is 0.477 e. The van der Waals surface area contributed by atoms with E-state index in [1.807, 2.05) is 5.32 Å². The first-order chi connectivity index (χ1) is 12.7. The molecule has 27 heavy (non-hydrogen) atoms. The van der Waals surface area contributed by atoms with Crippen LogP contribution < -0.4 is 10.1 Å². The van der Waals surface area contributed by atoms with Crippen molar-refractivity contribution in [2.45, 2.75) is 13.1 Å². The predicted octanol–water partition coefficient (Wildman–Crippen LogP) is 3.95. The molecule has 10 heteroatoms. The number of para-hydroxylation sites is 1. The number of carbonyl (C=O) groups excluding carboxylic acids is 2. The maximum absolute atomic E-state index is 13.0. The van der Waals surface area contributed by atoms with E-state index in [1.165, 1.54) is 24.4 Å². The highest BCUT2D eigenvalue weighted by atomic mass is 35.5. The van der Waals surface area contributed by atoms with Crippen molar-refractivity contribution in [1.82, 2.24) is 4.98 Å². The number of halogens is 4. The van der Waals surface area contributed by atoms with Crippen LogP contribution in [0.3, 0.4) is 0 Å². The van der Waals surface area contributed by atoms with Crippen molar-refractivity contribution < 1.29 is 32.2 Å². The number of benzene rings is 1. The summed E-state index contributed by atoms with van der Waals surface area (Å²) in [6.07, 6.45) is -3.31. The van der Waals surface area contributed by atoms with Crippen LogP contribution in [0, 0.1) is 0 Å². The van der Waals surface area contributed by atoms with E-state index < -0.39 is 35.9 Å². The summed E-state index contributed by atoms with van der Waals surface area (Å²) in [5.41, 5.74) is -1.73. The van der Waals surface area contributed by atoms with Gasteiger partial charge in [-0.25, -0.2) is 9.78 Å². The van der Waals surface area contributed by atoms with Gasteiger partial charge in [-0.1, -0.05) is 17.7 Å². The zero-order chi connectivity index (χ0) is 20.0. The molecule has 1 aromatic heterocycles. The van der Waals surface area contributed by atoms with Gasteiger partial charge in [0.1, 0.15) is 5.56 Å². The molecule has 2 aromatic rings. The molecule has 2 rings (SSSR count). The summed E-state index contributed by atoms with van der Waals surface area (Å²) >= 11 is 5.75. The number of hydrogen-bond acceptors (Lipinski definition) is 5. The fourth-order valence-corrected chi connectivity index (χ4v) is 2.29. The molecule has 0 aliphatic carbocycles. The highest BCUT2D eigenvalue weighted by Crippen LogP contribution is 2.38. The van der Waals surface area contributed by atoms with Gasteiger partial charge in [-0.2, -0.15) is 13.2 Å². The van der Waals surface area contributed by atoms with Gasteiger partial charge in [0.2, 0.25) is 5.88 Å². The summed E-state index contributed by atoms with van der Waals surface area (Å²) in [7, 11) is 0. The standard InChI is InChI=1S/C17H14ClF3N2O4/c1-2-26-15-10(5-4-8-22-15)16(25)27-9-13(24)23-14-11(17(19,20)21)6-3-7-12(14)18/h3-8H,2,9H2,1H3,(H,23,24). The number of carbonyl (C=O) groups is 2. The zero-order valence-corrected chi connectivity index (χ0v) is 14.7. The van der Waals surface area contributed by atoms with Crippen molar-refractivity contribution in [3.8, 4) is 5.88 Å². The third-order valence-electron chi connectivity index (χ3n) is 3.19. The van der Waals surface area contributed by atoms with Crippen LogP contribution in [0.25, 0.3) is 0 Å². The molecule has 0 saturated heterocycles. The molecule has 0 aliphatic heterocycles. The van der Waals surface area contributed by atoms with E-state index in [9.17, 15) is 22.8 Å². The molecule has 0 atom stereocenters. The third-order valence-corrected chi connectivity index (χ3v) is 3.50. The first-order valence-electron chi connectivity index (χ1n) is 7.64. The Kier molecular flexibility index (Phi) is 6.62. The lowest BCUT2D eigenvalue weighted by atomic mass is 10.1. The molecule has 6 nitrogen and oxygen atoms in total. The Morgan fingerprint density at radius 1 is 1.22 bits per heavy atom. The summed E-state index contributed by atoms with van der Waals surface area (Å²) < 4.78 is 49.0. The van der Waals surface area contributed by atoms with Crippen LogP contribution in [0.4, 0.5) is 18.9 Å². The van der Waals surface area contributed by atoms with E-state index >= 15 is 0 Å². The van der Waals surface area contributed by atoms with Gasteiger partial charge < -0.3 is 14.8 Å². The summed E-state index contributed by atoms with van der Waals surface area (Å²) in [6, 6.07) is 5.94. The molecule has 1 aromatic carbocycles. The highest BCUT2D eigenvalue weighted by Gasteiger charge is 2.34. The van der Waals surface area contributed by atoms with Crippen LogP contribution in [-0.2, 0) is 15.7 Å². The van der Waals surface area contributed by atoms with Crippen molar-refractivity contribution >= 4 is 29.2 Å². The van der Waals surface area contributed by atoms with Crippen molar-refractivity contribution in [3.63, 3.8) is 0 Å². The molecule has 0 fully saturated rings. The van der Waals surface area contributed by atoms with Crippen LogP contribution in [0.1, 0.15) is 22.8 Å². The minimum absolute atomic E-state index is 0.0131. The van der Waals surface area contributed by atoms with Crippen molar-refractivity contribution in [2.75, 3.05) is 18.5 Å². The SMILES string of the molecule is CCOc1ncccc1C(=O)OCC(=O)Nc1c(Cl)cccc1C(F)(F)F. The average Bonchev–Trinajstić information content (AvgIpc) is 2.61. The Labute approximate surface area is 157 Å². The topological polar surface area (TPSA) is 77.5 Å². The minimum atomic E-state index is -4.72. The van der Waals surface area contributed by atoms with E-state index in [4.69, 9.17) is 21.1 Å². The maximum Gasteiger partial charge on any atom is 0.418 e. The fourth-order valence-electron chi connectivity index (χ4n) is 2.07. The second kappa shape index (κ2) is 8.72. The average molecular weight is 403 g/mol. The minimum Gasteiger partial charge on any atom is -0.477 e. The molecule has 0 aliphatic rings. The van der Waals surface area contributed by atoms with E-state index in [2.05, 4.69) is 4.98 Å². The van der Waals surface area contributed by atoms with Crippen molar-refractivity contribution in [3.05, 3.63) is 52.7 Å². The normalized spacial score (nSPS) is 11.0. The van der Waals surface area contributed by atoms with Gasteiger partial charge in [-0.15, -0.1) is 0 Å². The van der Waals surface area contributed by atoms with Gasteiger partial charge in [0.05, 0.1) is 22.9 Å². The van der Waals surface area contributed by atoms with Crippen LogP contribution in [-0.4, -0.2) is 30.1 Å². The predicted molar refractivity (Wildman–Crippen MR) is 90.8 cm³/mol. The molecule has 1 amide bonds. The van der Waals surface area contributed by atoms with E-state index in [0.29, 0.717) is 0 Å². The van der Waals surface area contributed by atoms with Gasteiger partial charge in [-0.05, 0) is 31.2 Å².